The van der Waals surface area contributed by atoms with Crippen LogP contribution in [-0.2, 0) is 4.79 Å². The number of nitrogens with one attached hydrogen (secondary N) is 1. The summed E-state index contributed by atoms with van der Waals surface area (Å²) < 4.78 is 5.51. The zero-order chi connectivity index (χ0) is 15.7. The molecule has 2 aromatic heterocycles. The van der Waals surface area contributed by atoms with Gasteiger partial charge in [0.25, 0.3) is 0 Å². The lowest BCUT2D eigenvalue weighted by Crippen LogP contribution is -2.30. The van der Waals surface area contributed by atoms with E-state index in [-0.39, 0.29) is 12.3 Å². The van der Waals surface area contributed by atoms with E-state index in [9.17, 15) is 9.90 Å². The Balaban J connectivity index is 1.66. The molecule has 6 heteroatoms. The monoisotopic (exact) mass is 320 g/mol. The van der Waals surface area contributed by atoms with Crippen LogP contribution in [0.15, 0.2) is 15.9 Å². The van der Waals surface area contributed by atoms with Gasteiger partial charge < -0.3 is 14.8 Å². The largest absolute Gasteiger partial charge is 0.466 e. The fraction of sp³-hybridized carbons (Fsp3) is 0.500. The van der Waals surface area contributed by atoms with Crippen molar-refractivity contribution in [3.05, 3.63) is 23.0 Å². The van der Waals surface area contributed by atoms with Crippen LogP contribution in [-0.4, -0.2) is 21.6 Å². The first-order valence-corrected chi connectivity index (χ1v) is 8.38. The fourth-order valence-electron chi connectivity index (χ4n) is 3.01. The highest BCUT2D eigenvalue weighted by molar-refractivity contribution is 7.14. The van der Waals surface area contributed by atoms with Crippen molar-refractivity contribution in [1.29, 1.82) is 0 Å². The number of hydrogen-bond acceptors (Lipinski definition) is 5. The van der Waals surface area contributed by atoms with Crippen LogP contribution in [0.2, 0.25) is 0 Å². The maximum Gasteiger partial charge on any atom is 0.229 e. The predicted octanol–water partition coefficient (Wildman–Crippen LogP) is 3.65. The van der Waals surface area contributed by atoms with Crippen molar-refractivity contribution in [3.63, 3.8) is 0 Å². The number of rotatable bonds is 4. The second-order valence-corrected chi connectivity index (χ2v) is 6.88. The molecule has 3 rings (SSSR count). The van der Waals surface area contributed by atoms with E-state index >= 15 is 0 Å². The summed E-state index contributed by atoms with van der Waals surface area (Å²) in [5.74, 6) is 1.49. The van der Waals surface area contributed by atoms with Crippen molar-refractivity contribution in [2.24, 2.45) is 0 Å². The lowest BCUT2D eigenvalue weighted by atomic mass is 9.98. The first kappa shape index (κ1) is 15.2. The molecule has 0 radical (unpaired) electrons. The van der Waals surface area contributed by atoms with Crippen molar-refractivity contribution >= 4 is 22.4 Å². The normalized spacial score (nSPS) is 16.9. The number of carbonyl (C=O) groups excluding carboxylic acids is 1. The van der Waals surface area contributed by atoms with Crippen molar-refractivity contribution in [1.82, 2.24) is 4.98 Å². The number of nitrogens with zero attached hydrogens (tertiary/aromatic N) is 1. The molecule has 0 aliphatic heterocycles. The molecule has 2 N–H and O–H groups in total. The van der Waals surface area contributed by atoms with E-state index < -0.39 is 5.60 Å². The number of amides is 1. The van der Waals surface area contributed by atoms with Gasteiger partial charge in [-0.05, 0) is 32.8 Å². The summed E-state index contributed by atoms with van der Waals surface area (Å²) >= 11 is 1.38. The van der Waals surface area contributed by atoms with Gasteiger partial charge in [-0.2, -0.15) is 0 Å². The molecule has 1 fully saturated rings. The van der Waals surface area contributed by atoms with Gasteiger partial charge in [-0.15, -0.1) is 11.3 Å². The lowest BCUT2D eigenvalue weighted by Gasteiger charge is -2.20. The lowest BCUT2D eigenvalue weighted by molar-refractivity contribution is -0.120. The maximum absolute atomic E-state index is 12.1. The molecule has 5 nitrogen and oxygen atoms in total. The van der Waals surface area contributed by atoms with Crippen molar-refractivity contribution in [3.8, 4) is 11.3 Å². The number of aryl methyl sites for hydroxylation is 2. The van der Waals surface area contributed by atoms with Gasteiger partial charge in [0, 0.05) is 10.9 Å². The van der Waals surface area contributed by atoms with Gasteiger partial charge in [0.2, 0.25) is 5.91 Å². The van der Waals surface area contributed by atoms with Crippen LogP contribution in [0.5, 0.6) is 0 Å². The third kappa shape index (κ3) is 3.23. The highest BCUT2D eigenvalue weighted by Gasteiger charge is 2.33. The minimum absolute atomic E-state index is 0.145. The summed E-state index contributed by atoms with van der Waals surface area (Å²) in [4.78, 5) is 16.5. The van der Waals surface area contributed by atoms with Crippen molar-refractivity contribution in [2.75, 3.05) is 5.32 Å². The average Bonchev–Trinajstić information content (AvgIpc) is 3.11. The van der Waals surface area contributed by atoms with Gasteiger partial charge >= 0.3 is 0 Å². The van der Waals surface area contributed by atoms with Crippen LogP contribution in [0.1, 0.15) is 43.6 Å². The average molecular weight is 320 g/mol. The number of hydrogen-bond donors (Lipinski definition) is 2. The molecule has 0 bridgehead atoms. The van der Waals surface area contributed by atoms with E-state index in [0.29, 0.717) is 18.0 Å². The zero-order valence-corrected chi connectivity index (χ0v) is 13.6. The van der Waals surface area contributed by atoms with Crippen LogP contribution in [0, 0.1) is 13.8 Å². The van der Waals surface area contributed by atoms with E-state index in [4.69, 9.17) is 4.42 Å². The summed E-state index contributed by atoms with van der Waals surface area (Å²) in [6.07, 6.45) is 3.54. The maximum atomic E-state index is 12.1. The van der Waals surface area contributed by atoms with Gasteiger partial charge in [-0.25, -0.2) is 4.98 Å². The molecule has 2 heterocycles. The first-order valence-electron chi connectivity index (χ1n) is 7.50. The third-order valence-electron chi connectivity index (χ3n) is 4.09. The van der Waals surface area contributed by atoms with Gasteiger partial charge in [0.1, 0.15) is 11.5 Å². The molecule has 1 amide bonds. The van der Waals surface area contributed by atoms with Crippen LogP contribution in [0.3, 0.4) is 0 Å². The molecule has 0 spiro atoms. The van der Waals surface area contributed by atoms with E-state index in [1.807, 2.05) is 25.3 Å². The summed E-state index contributed by atoms with van der Waals surface area (Å²) in [6.45, 7) is 3.80. The van der Waals surface area contributed by atoms with Crippen LogP contribution < -0.4 is 5.32 Å². The fourth-order valence-corrected chi connectivity index (χ4v) is 3.74. The SMILES string of the molecule is Cc1cc(-c2csc(NC(=O)CC3(O)CCCC3)n2)c(C)o1. The Morgan fingerprint density at radius 3 is 2.82 bits per heavy atom. The Kier molecular flexibility index (Phi) is 4.06. The van der Waals surface area contributed by atoms with Crippen LogP contribution in [0.25, 0.3) is 11.3 Å². The number of furan rings is 1. The van der Waals surface area contributed by atoms with E-state index in [2.05, 4.69) is 10.3 Å². The standard InChI is InChI=1S/C16H20N2O3S/c1-10-7-12(11(2)21-10)13-9-22-15(17-13)18-14(19)8-16(20)5-3-4-6-16/h7,9,20H,3-6,8H2,1-2H3,(H,17,18,19). The molecule has 0 saturated heterocycles. The van der Waals surface area contributed by atoms with E-state index in [0.717, 1.165) is 35.6 Å². The number of aliphatic hydroxyl groups is 1. The van der Waals surface area contributed by atoms with E-state index in [1.165, 1.54) is 11.3 Å². The van der Waals surface area contributed by atoms with Gasteiger partial charge in [-0.3, -0.25) is 4.79 Å². The Hall–Kier alpha value is -1.66. The quantitative estimate of drug-likeness (QED) is 0.901. The van der Waals surface area contributed by atoms with Gasteiger partial charge in [0.15, 0.2) is 5.13 Å². The minimum atomic E-state index is -0.831. The third-order valence-corrected chi connectivity index (χ3v) is 4.85. The summed E-state index contributed by atoms with van der Waals surface area (Å²) in [6, 6.07) is 1.94. The molecule has 22 heavy (non-hydrogen) atoms. The number of anilines is 1. The Labute approximate surface area is 133 Å². The number of carbonyl (C=O) groups is 1. The summed E-state index contributed by atoms with van der Waals surface area (Å²) in [5, 5.41) is 15.5. The molecule has 0 atom stereocenters. The zero-order valence-electron chi connectivity index (χ0n) is 12.8. The minimum Gasteiger partial charge on any atom is -0.466 e. The van der Waals surface area contributed by atoms with Crippen LogP contribution in [0.4, 0.5) is 5.13 Å². The Morgan fingerprint density at radius 2 is 2.18 bits per heavy atom. The molecule has 1 aliphatic carbocycles. The molecule has 118 valence electrons. The Bertz CT molecular complexity index is 683. The topological polar surface area (TPSA) is 75.4 Å². The van der Waals surface area contributed by atoms with Crippen molar-refractivity contribution < 1.29 is 14.3 Å². The summed E-state index contributed by atoms with van der Waals surface area (Å²) in [7, 11) is 0. The molecule has 0 aromatic carbocycles. The molecule has 0 unspecified atom stereocenters. The Morgan fingerprint density at radius 1 is 1.45 bits per heavy atom. The number of thiazole rings is 1. The molecular weight excluding hydrogens is 300 g/mol. The smallest absolute Gasteiger partial charge is 0.229 e. The molecule has 2 aromatic rings. The highest BCUT2D eigenvalue weighted by atomic mass is 32.1. The second-order valence-electron chi connectivity index (χ2n) is 6.02. The second kappa shape index (κ2) is 5.85. The van der Waals surface area contributed by atoms with E-state index in [1.54, 1.807) is 0 Å². The molecule has 1 saturated carbocycles. The highest BCUT2D eigenvalue weighted by Crippen LogP contribution is 2.33. The molecular formula is C16H20N2O3S. The van der Waals surface area contributed by atoms with Gasteiger partial charge in [-0.1, -0.05) is 12.8 Å². The van der Waals surface area contributed by atoms with Crippen molar-refractivity contribution in [2.45, 2.75) is 51.6 Å². The number of aromatic nitrogens is 1. The molecule has 1 aliphatic rings. The summed E-state index contributed by atoms with van der Waals surface area (Å²) in [5.41, 5.74) is 0.917. The van der Waals surface area contributed by atoms with Gasteiger partial charge in [0.05, 0.1) is 17.7 Å². The predicted molar refractivity (Wildman–Crippen MR) is 86.0 cm³/mol. The van der Waals surface area contributed by atoms with Crippen LogP contribution >= 0.6 is 11.3 Å². The first-order chi connectivity index (χ1) is 10.5.